The third-order valence-electron chi connectivity index (χ3n) is 2.69. The molecule has 0 unspecified atom stereocenters. The first kappa shape index (κ1) is 15.4. The minimum Gasteiger partial charge on any atom is -0.399 e. The Kier molecular flexibility index (Phi) is 6.24. The normalized spacial score (nSPS) is 10.7. The number of methoxy groups -OCH3 is 1. The van der Waals surface area contributed by atoms with Crippen molar-refractivity contribution in [3.05, 3.63) is 29.6 Å². The van der Waals surface area contributed by atoms with E-state index in [-0.39, 0.29) is 5.56 Å². The quantitative estimate of drug-likeness (QED) is 0.716. The fourth-order valence-electron chi connectivity index (χ4n) is 1.53. The van der Waals surface area contributed by atoms with Crippen LogP contribution in [0.25, 0.3) is 0 Å². The molecule has 0 aromatic heterocycles. The van der Waals surface area contributed by atoms with Crippen molar-refractivity contribution in [3.8, 4) is 0 Å². The number of carbonyl (C=O) groups excluding carboxylic acids is 1. The van der Waals surface area contributed by atoms with Gasteiger partial charge in [0, 0.05) is 32.4 Å². The van der Waals surface area contributed by atoms with E-state index in [4.69, 9.17) is 10.5 Å². The second kappa shape index (κ2) is 7.70. The number of hydrogen-bond donors (Lipinski definition) is 2. The molecule has 0 saturated carbocycles. The molecule has 0 fully saturated rings. The SMILES string of the molecule is COCCN(C)CCNC(=O)c1ccc(N)cc1F. The van der Waals surface area contributed by atoms with Gasteiger partial charge >= 0.3 is 0 Å². The van der Waals surface area contributed by atoms with Crippen LogP contribution in [-0.2, 0) is 4.74 Å². The van der Waals surface area contributed by atoms with Gasteiger partial charge in [0.05, 0.1) is 12.2 Å². The highest BCUT2D eigenvalue weighted by Crippen LogP contribution is 2.11. The average Bonchev–Trinajstić information content (AvgIpc) is 2.36. The van der Waals surface area contributed by atoms with Gasteiger partial charge in [-0.05, 0) is 25.2 Å². The second-order valence-electron chi connectivity index (χ2n) is 4.29. The molecule has 0 radical (unpaired) electrons. The van der Waals surface area contributed by atoms with Crippen LogP contribution in [-0.4, -0.2) is 51.2 Å². The minimum absolute atomic E-state index is 0.00810. The van der Waals surface area contributed by atoms with Gasteiger partial charge < -0.3 is 20.7 Å². The summed E-state index contributed by atoms with van der Waals surface area (Å²) >= 11 is 0. The summed E-state index contributed by atoms with van der Waals surface area (Å²) < 4.78 is 18.4. The molecule has 6 heteroatoms. The van der Waals surface area contributed by atoms with Crippen molar-refractivity contribution in [2.24, 2.45) is 0 Å². The summed E-state index contributed by atoms with van der Waals surface area (Å²) in [5.74, 6) is -1.04. The van der Waals surface area contributed by atoms with Gasteiger partial charge in [-0.25, -0.2) is 4.39 Å². The van der Waals surface area contributed by atoms with Crippen LogP contribution in [0.15, 0.2) is 18.2 Å². The molecule has 19 heavy (non-hydrogen) atoms. The number of likely N-dealkylation sites (N-methyl/N-ethyl adjacent to an activating group) is 1. The summed E-state index contributed by atoms with van der Waals surface area (Å²) in [6.45, 7) is 2.54. The first-order valence-corrected chi connectivity index (χ1v) is 6.05. The summed E-state index contributed by atoms with van der Waals surface area (Å²) in [5, 5.41) is 2.66. The third-order valence-corrected chi connectivity index (χ3v) is 2.69. The largest absolute Gasteiger partial charge is 0.399 e. The molecule has 1 aromatic carbocycles. The molecule has 0 aliphatic rings. The zero-order valence-corrected chi connectivity index (χ0v) is 11.3. The lowest BCUT2D eigenvalue weighted by atomic mass is 10.2. The van der Waals surface area contributed by atoms with Crippen LogP contribution in [0.2, 0.25) is 0 Å². The van der Waals surface area contributed by atoms with E-state index in [0.717, 1.165) is 12.6 Å². The van der Waals surface area contributed by atoms with E-state index in [1.54, 1.807) is 7.11 Å². The standard InChI is InChI=1S/C13H20FN3O2/c1-17(7-8-19-2)6-5-16-13(18)11-4-3-10(15)9-12(11)14/h3-4,9H,5-8,15H2,1-2H3,(H,16,18). The lowest BCUT2D eigenvalue weighted by molar-refractivity contribution is 0.0943. The lowest BCUT2D eigenvalue weighted by Gasteiger charge is -2.16. The van der Waals surface area contributed by atoms with E-state index in [2.05, 4.69) is 5.32 Å². The van der Waals surface area contributed by atoms with Crippen LogP contribution < -0.4 is 11.1 Å². The molecule has 0 aliphatic carbocycles. The maximum Gasteiger partial charge on any atom is 0.254 e. The molecule has 0 bridgehead atoms. The first-order chi connectivity index (χ1) is 9.04. The van der Waals surface area contributed by atoms with Crippen molar-refractivity contribution < 1.29 is 13.9 Å². The molecular weight excluding hydrogens is 249 g/mol. The van der Waals surface area contributed by atoms with E-state index in [1.165, 1.54) is 12.1 Å². The number of anilines is 1. The van der Waals surface area contributed by atoms with E-state index in [1.807, 2.05) is 11.9 Å². The Labute approximate surface area is 112 Å². The lowest BCUT2D eigenvalue weighted by Crippen LogP contribution is -2.34. The highest BCUT2D eigenvalue weighted by atomic mass is 19.1. The third kappa shape index (κ3) is 5.23. The predicted octanol–water partition coefficient (Wildman–Crippen LogP) is 0.716. The zero-order chi connectivity index (χ0) is 14.3. The molecular formula is C13H20FN3O2. The maximum atomic E-state index is 13.5. The van der Waals surface area contributed by atoms with Crippen molar-refractivity contribution in [2.75, 3.05) is 46.1 Å². The van der Waals surface area contributed by atoms with Crippen LogP contribution in [0.4, 0.5) is 10.1 Å². The number of rotatable bonds is 7. The van der Waals surface area contributed by atoms with E-state index < -0.39 is 11.7 Å². The molecule has 1 rings (SSSR count). The summed E-state index contributed by atoms with van der Waals surface area (Å²) in [6.07, 6.45) is 0. The molecule has 3 N–H and O–H groups in total. The smallest absolute Gasteiger partial charge is 0.254 e. The van der Waals surface area contributed by atoms with Crippen LogP contribution in [0.3, 0.4) is 0 Å². The number of nitrogens with one attached hydrogen (secondary N) is 1. The Morgan fingerprint density at radius 2 is 2.21 bits per heavy atom. The maximum absolute atomic E-state index is 13.5. The van der Waals surface area contributed by atoms with E-state index in [0.29, 0.717) is 25.4 Å². The van der Waals surface area contributed by atoms with E-state index >= 15 is 0 Å². The minimum atomic E-state index is -0.606. The fraction of sp³-hybridized carbons (Fsp3) is 0.462. The van der Waals surface area contributed by atoms with Gasteiger partial charge in [-0.1, -0.05) is 0 Å². The van der Waals surface area contributed by atoms with Crippen molar-refractivity contribution >= 4 is 11.6 Å². The topological polar surface area (TPSA) is 67.6 Å². The Bertz CT molecular complexity index is 426. The number of hydrogen-bond acceptors (Lipinski definition) is 4. The monoisotopic (exact) mass is 269 g/mol. The fourth-order valence-corrected chi connectivity index (χ4v) is 1.53. The Morgan fingerprint density at radius 1 is 1.47 bits per heavy atom. The van der Waals surface area contributed by atoms with Gasteiger partial charge in [0.25, 0.3) is 5.91 Å². The number of nitrogens with two attached hydrogens (primary N) is 1. The summed E-state index contributed by atoms with van der Waals surface area (Å²) in [7, 11) is 3.56. The Balaban J connectivity index is 2.39. The number of amides is 1. The number of nitrogens with zero attached hydrogens (tertiary/aromatic N) is 1. The van der Waals surface area contributed by atoms with Crippen molar-refractivity contribution in [1.29, 1.82) is 0 Å². The van der Waals surface area contributed by atoms with Crippen molar-refractivity contribution in [3.63, 3.8) is 0 Å². The molecule has 106 valence electrons. The number of benzene rings is 1. The van der Waals surface area contributed by atoms with Gasteiger partial charge in [0.1, 0.15) is 5.82 Å². The molecule has 0 heterocycles. The number of nitrogen functional groups attached to an aromatic ring is 1. The van der Waals surface area contributed by atoms with Crippen LogP contribution >= 0.6 is 0 Å². The van der Waals surface area contributed by atoms with Gasteiger partial charge in [0.2, 0.25) is 0 Å². The number of ether oxygens (including phenoxy) is 1. The number of carbonyl (C=O) groups is 1. The van der Waals surface area contributed by atoms with E-state index in [9.17, 15) is 9.18 Å². The molecule has 1 aromatic rings. The summed E-state index contributed by atoms with van der Waals surface area (Å²) in [4.78, 5) is 13.8. The van der Waals surface area contributed by atoms with Crippen molar-refractivity contribution in [2.45, 2.75) is 0 Å². The molecule has 0 spiro atoms. The van der Waals surface area contributed by atoms with Gasteiger partial charge in [-0.3, -0.25) is 4.79 Å². The van der Waals surface area contributed by atoms with Crippen molar-refractivity contribution in [1.82, 2.24) is 10.2 Å². The van der Waals surface area contributed by atoms with Crippen LogP contribution in [0, 0.1) is 5.82 Å². The molecule has 0 saturated heterocycles. The van der Waals surface area contributed by atoms with Gasteiger partial charge in [-0.15, -0.1) is 0 Å². The zero-order valence-electron chi connectivity index (χ0n) is 11.3. The summed E-state index contributed by atoms with van der Waals surface area (Å²) in [5.41, 5.74) is 5.73. The summed E-state index contributed by atoms with van der Waals surface area (Å²) in [6, 6.07) is 4.02. The molecule has 1 amide bonds. The second-order valence-corrected chi connectivity index (χ2v) is 4.29. The number of halogens is 1. The first-order valence-electron chi connectivity index (χ1n) is 6.05. The van der Waals surface area contributed by atoms with Gasteiger partial charge in [-0.2, -0.15) is 0 Å². The highest BCUT2D eigenvalue weighted by molar-refractivity contribution is 5.94. The predicted molar refractivity (Wildman–Crippen MR) is 72.5 cm³/mol. The Morgan fingerprint density at radius 3 is 2.84 bits per heavy atom. The van der Waals surface area contributed by atoms with Crippen LogP contribution in [0.1, 0.15) is 10.4 Å². The molecule has 0 atom stereocenters. The molecule has 0 aliphatic heterocycles. The Hall–Kier alpha value is -1.66. The average molecular weight is 269 g/mol. The highest BCUT2D eigenvalue weighted by Gasteiger charge is 2.11. The molecule has 5 nitrogen and oxygen atoms in total. The van der Waals surface area contributed by atoms with Crippen LogP contribution in [0.5, 0.6) is 0 Å². The van der Waals surface area contributed by atoms with Gasteiger partial charge in [0.15, 0.2) is 0 Å².